The third-order valence-corrected chi connectivity index (χ3v) is 7.51. The van der Waals surface area contributed by atoms with Gasteiger partial charge in [0.2, 0.25) is 5.91 Å². The first-order valence-electron chi connectivity index (χ1n) is 11.6. The summed E-state index contributed by atoms with van der Waals surface area (Å²) in [6.07, 6.45) is -0.328. The van der Waals surface area contributed by atoms with Gasteiger partial charge in [-0.05, 0) is 46.6 Å². The zero-order valence-electron chi connectivity index (χ0n) is 20.3. The van der Waals surface area contributed by atoms with Crippen LogP contribution in [-0.4, -0.2) is 55.6 Å². The Morgan fingerprint density at radius 2 is 1.46 bits per heavy atom. The number of nitrogens with one attached hydrogen (secondary N) is 1. The molecule has 1 N–H and O–H groups in total. The largest absolute Gasteiger partial charge is 0.612 e. The lowest BCUT2D eigenvalue weighted by molar-refractivity contribution is -0.385. The van der Waals surface area contributed by atoms with Crippen LogP contribution in [0.25, 0.3) is 0 Å². The Morgan fingerprint density at radius 3 is 1.97 bits per heavy atom. The molecule has 2 amide bonds. The van der Waals surface area contributed by atoms with Crippen LogP contribution in [0, 0.1) is 20.2 Å². The predicted octanol–water partition coefficient (Wildman–Crippen LogP) is 2.44. The first-order valence-corrected chi connectivity index (χ1v) is 12.9. The molecule has 2 aliphatic rings. The maximum Gasteiger partial charge on any atom is 0.407 e. The number of nitrogens with zero attached hydrogens (tertiary/aromatic N) is 3. The summed E-state index contributed by atoms with van der Waals surface area (Å²) >= 11 is -1.71. The predicted molar refractivity (Wildman–Crippen MR) is 134 cm³/mol. The molecule has 2 aliphatic heterocycles. The highest BCUT2D eigenvalue weighted by molar-refractivity contribution is 7.95. The van der Waals surface area contributed by atoms with Crippen molar-refractivity contribution in [2.24, 2.45) is 0 Å². The molecular weight excluding hydrogens is 536 g/mol. The van der Waals surface area contributed by atoms with Crippen molar-refractivity contribution < 1.29 is 38.3 Å². The third kappa shape index (κ3) is 6.50. The van der Waals surface area contributed by atoms with Crippen molar-refractivity contribution in [1.82, 2.24) is 10.2 Å². The molecule has 4 rings (SSSR count). The quantitative estimate of drug-likeness (QED) is 0.141. The number of benzene rings is 2. The Balaban J connectivity index is 1.30. The van der Waals surface area contributed by atoms with E-state index in [2.05, 4.69) is 5.32 Å². The normalized spacial score (nSPS) is 16.7. The van der Waals surface area contributed by atoms with Crippen LogP contribution in [0.15, 0.2) is 59.1 Å². The number of carbonyl (C=O) groups is 3. The van der Waals surface area contributed by atoms with Crippen molar-refractivity contribution in [2.75, 3.05) is 12.3 Å². The average molecular weight is 559 g/mol. The van der Waals surface area contributed by atoms with Gasteiger partial charge in [0.25, 0.3) is 11.4 Å². The number of esters is 1. The van der Waals surface area contributed by atoms with Gasteiger partial charge in [-0.25, -0.2) is 9.59 Å². The molecular formula is C24H22N4O10S. The molecule has 1 fully saturated rings. The van der Waals surface area contributed by atoms with E-state index in [4.69, 9.17) is 9.47 Å². The number of rotatable bonds is 11. The highest BCUT2D eigenvalue weighted by Crippen LogP contribution is 2.41. The van der Waals surface area contributed by atoms with Crippen LogP contribution in [0.2, 0.25) is 0 Å². The molecule has 2 atom stereocenters. The van der Waals surface area contributed by atoms with E-state index in [1.54, 1.807) is 0 Å². The first-order chi connectivity index (χ1) is 18.6. The summed E-state index contributed by atoms with van der Waals surface area (Å²) in [6.45, 7) is -0.365. The standard InChI is InChI=1S/C24H22N4O10S/c29-21-12-19-11-20(22(26(19)21)23(30)37-13-15-1-5-17(6-2-15)27(32)33)39(36)10-9-25-24(31)38-14-16-3-7-18(8-4-16)28(34)35/h1-8,19H,9-14H2,(H,25,31). The fraction of sp³-hybridized carbons (Fsp3) is 0.292. The number of nitro groups is 2. The van der Waals surface area contributed by atoms with Crippen LogP contribution in [0.5, 0.6) is 0 Å². The van der Waals surface area contributed by atoms with Gasteiger partial charge in [-0.2, -0.15) is 0 Å². The van der Waals surface area contributed by atoms with Gasteiger partial charge in [-0.15, -0.1) is 0 Å². The van der Waals surface area contributed by atoms with Crippen molar-refractivity contribution in [3.05, 3.63) is 90.5 Å². The summed E-state index contributed by atoms with van der Waals surface area (Å²) in [5, 5.41) is 23.9. The van der Waals surface area contributed by atoms with E-state index in [1.807, 2.05) is 0 Å². The number of carbonyl (C=O) groups excluding carboxylic acids is 3. The number of amides is 2. The van der Waals surface area contributed by atoms with Gasteiger partial charge >= 0.3 is 12.1 Å². The zero-order valence-corrected chi connectivity index (χ0v) is 21.1. The van der Waals surface area contributed by atoms with Crippen LogP contribution in [0.3, 0.4) is 0 Å². The Morgan fingerprint density at radius 1 is 0.923 bits per heavy atom. The van der Waals surface area contributed by atoms with Crippen molar-refractivity contribution >= 4 is 40.5 Å². The molecule has 0 bridgehead atoms. The number of hydrogen-bond acceptors (Lipinski definition) is 10. The number of ether oxygens (including phenoxy) is 2. The molecule has 0 spiro atoms. The van der Waals surface area contributed by atoms with Crippen molar-refractivity contribution in [3.63, 3.8) is 0 Å². The number of fused-ring (bicyclic) bond motifs is 1. The van der Waals surface area contributed by atoms with Crippen molar-refractivity contribution in [2.45, 2.75) is 32.1 Å². The van der Waals surface area contributed by atoms with Gasteiger partial charge in [0.05, 0.1) is 22.4 Å². The van der Waals surface area contributed by atoms with Gasteiger partial charge in [0.15, 0.2) is 10.6 Å². The Labute approximate surface area is 224 Å². The number of alkyl carbamates (subject to hydrolysis) is 1. The first kappa shape index (κ1) is 27.5. The molecule has 204 valence electrons. The maximum absolute atomic E-state index is 13.0. The Hall–Kier alpha value is -4.50. The highest BCUT2D eigenvalue weighted by Gasteiger charge is 2.51. The van der Waals surface area contributed by atoms with Crippen LogP contribution >= 0.6 is 0 Å². The summed E-state index contributed by atoms with van der Waals surface area (Å²) in [5.74, 6) is -1.17. The zero-order chi connectivity index (χ0) is 28.1. The lowest BCUT2D eigenvalue weighted by atomic mass is 10.0. The summed E-state index contributed by atoms with van der Waals surface area (Å²) < 4.78 is 23.4. The summed E-state index contributed by atoms with van der Waals surface area (Å²) in [5.41, 5.74) is 0.768. The second kappa shape index (κ2) is 11.9. The SMILES string of the molecule is O=C(NCC[S+]([O-])C1=C(C(=O)OCc2ccc([N+](=O)[O-])cc2)N2C(=O)CC2C1)OCc1ccc([N+](=O)[O-])cc1. The molecule has 0 saturated carbocycles. The summed E-state index contributed by atoms with van der Waals surface area (Å²) in [4.78, 5) is 58.9. The lowest BCUT2D eigenvalue weighted by Crippen LogP contribution is -2.49. The van der Waals surface area contributed by atoms with Gasteiger partial charge in [0.1, 0.15) is 19.0 Å². The molecule has 14 nitrogen and oxygen atoms in total. The second-order valence-corrected chi connectivity index (χ2v) is 10.2. The van der Waals surface area contributed by atoms with Gasteiger partial charge in [-0.1, -0.05) is 0 Å². The number of hydrogen-bond donors (Lipinski definition) is 1. The number of β-lactam (4-membered cyclic amide) rings is 1. The van der Waals surface area contributed by atoms with Gasteiger partial charge in [0, 0.05) is 37.1 Å². The smallest absolute Gasteiger partial charge is 0.407 e. The minimum atomic E-state index is -1.71. The van der Waals surface area contributed by atoms with Crippen LogP contribution in [0.4, 0.5) is 16.2 Å². The minimum absolute atomic E-state index is 0.0427. The number of nitro benzene ring substituents is 2. The summed E-state index contributed by atoms with van der Waals surface area (Å²) in [6, 6.07) is 10.7. The second-order valence-electron chi connectivity index (χ2n) is 8.57. The fourth-order valence-corrected chi connectivity index (χ4v) is 5.33. The Bertz CT molecular complexity index is 1330. The van der Waals surface area contributed by atoms with Gasteiger partial charge in [-0.3, -0.25) is 29.9 Å². The van der Waals surface area contributed by atoms with Crippen LogP contribution in [-0.2, 0) is 43.5 Å². The molecule has 0 radical (unpaired) electrons. The van der Waals surface area contributed by atoms with E-state index in [0.717, 1.165) is 0 Å². The summed E-state index contributed by atoms with van der Waals surface area (Å²) in [7, 11) is 0. The maximum atomic E-state index is 13.0. The minimum Gasteiger partial charge on any atom is -0.612 e. The fourth-order valence-electron chi connectivity index (χ4n) is 4.03. The molecule has 2 aromatic carbocycles. The highest BCUT2D eigenvalue weighted by atomic mass is 32.2. The molecule has 1 saturated heterocycles. The van der Waals surface area contributed by atoms with E-state index >= 15 is 0 Å². The number of non-ortho nitro benzene ring substituents is 2. The van der Waals surface area contributed by atoms with E-state index in [0.29, 0.717) is 11.1 Å². The molecule has 2 aromatic rings. The average Bonchev–Trinajstić information content (AvgIpc) is 3.23. The molecule has 2 heterocycles. The molecule has 39 heavy (non-hydrogen) atoms. The van der Waals surface area contributed by atoms with Crippen molar-refractivity contribution in [1.29, 1.82) is 0 Å². The molecule has 0 aliphatic carbocycles. The van der Waals surface area contributed by atoms with E-state index in [9.17, 15) is 39.2 Å². The molecule has 2 unspecified atom stereocenters. The van der Waals surface area contributed by atoms with Gasteiger partial charge < -0.3 is 19.3 Å². The monoisotopic (exact) mass is 558 g/mol. The Kier molecular flexibility index (Phi) is 8.41. The van der Waals surface area contributed by atoms with Crippen molar-refractivity contribution in [3.8, 4) is 0 Å². The van der Waals surface area contributed by atoms with Crippen LogP contribution in [0.1, 0.15) is 24.0 Å². The molecule has 0 aromatic heterocycles. The lowest BCUT2D eigenvalue weighted by Gasteiger charge is -2.34. The topological polar surface area (TPSA) is 194 Å². The van der Waals surface area contributed by atoms with E-state index in [1.165, 1.54) is 53.4 Å². The van der Waals surface area contributed by atoms with E-state index in [-0.39, 0.29) is 72.3 Å². The third-order valence-electron chi connectivity index (χ3n) is 6.03. The molecule has 15 heteroatoms. The van der Waals surface area contributed by atoms with Crippen LogP contribution < -0.4 is 5.32 Å². The van der Waals surface area contributed by atoms with E-state index < -0.39 is 33.1 Å².